The van der Waals surface area contributed by atoms with Gasteiger partial charge in [0.25, 0.3) is 0 Å². The van der Waals surface area contributed by atoms with Crippen LogP contribution in [-0.2, 0) is 9.84 Å². The molecule has 0 aliphatic heterocycles. The van der Waals surface area contributed by atoms with Crippen LogP contribution < -0.4 is 0 Å². The Balaban J connectivity index is 2.38. The number of fused-ring (bicyclic) bond motifs is 1. The number of sulfone groups is 1. The van der Waals surface area contributed by atoms with Crippen molar-refractivity contribution in [2.24, 2.45) is 0 Å². The van der Waals surface area contributed by atoms with Crippen molar-refractivity contribution < 1.29 is 8.42 Å². The Morgan fingerprint density at radius 1 is 0.857 bits per heavy atom. The molecule has 0 radical (unpaired) electrons. The highest BCUT2D eigenvalue weighted by Gasteiger charge is 2.21. The Morgan fingerprint density at radius 3 is 2.05 bits per heavy atom. The zero-order chi connectivity index (χ0) is 14.9. The molecule has 0 spiro atoms. The SMILES string of the molecule is CCS(=O)(=O)c1nc2ccccc2nc1-c1ccccc1. The van der Waals surface area contributed by atoms with Gasteiger partial charge >= 0.3 is 0 Å². The van der Waals surface area contributed by atoms with Crippen LogP contribution in [0, 0.1) is 0 Å². The van der Waals surface area contributed by atoms with Gasteiger partial charge in [0.2, 0.25) is 0 Å². The van der Waals surface area contributed by atoms with Crippen molar-refractivity contribution in [3.8, 4) is 11.3 Å². The Hall–Kier alpha value is -2.27. The normalized spacial score (nSPS) is 11.7. The van der Waals surface area contributed by atoms with E-state index in [1.54, 1.807) is 13.0 Å². The maximum Gasteiger partial charge on any atom is 0.197 e. The molecule has 0 amide bonds. The molecule has 0 fully saturated rings. The summed E-state index contributed by atoms with van der Waals surface area (Å²) in [6.07, 6.45) is 0. The second kappa shape index (κ2) is 5.26. The zero-order valence-corrected chi connectivity index (χ0v) is 12.3. The van der Waals surface area contributed by atoms with E-state index in [1.165, 1.54) is 0 Å². The average molecular weight is 298 g/mol. The number of nitrogens with zero attached hydrogens (tertiary/aromatic N) is 2. The maximum absolute atomic E-state index is 12.3. The summed E-state index contributed by atoms with van der Waals surface area (Å²) in [5.74, 6) is -0.000145. The van der Waals surface area contributed by atoms with Gasteiger partial charge in [-0.25, -0.2) is 18.4 Å². The summed E-state index contributed by atoms with van der Waals surface area (Å²) in [5, 5.41) is 0.0508. The number of para-hydroxylation sites is 2. The minimum Gasteiger partial charge on any atom is -0.243 e. The van der Waals surface area contributed by atoms with Gasteiger partial charge in [0.05, 0.1) is 16.8 Å². The predicted molar refractivity (Wildman–Crippen MR) is 82.7 cm³/mol. The summed E-state index contributed by atoms with van der Waals surface area (Å²) in [6.45, 7) is 1.61. The smallest absolute Gasteiger partial charge is 0.197 e. The van der Waals surface area contributed by atoms with Crippen LogP contribution >= 0.6 is 0 Å². The van der Waals surface area contributed by atoms with E-state index >= 15 is 0 Å². The highest BCUT2D eigenvalue weighted by atomic mass is 32.2. The van der Waals surface area contributed by atoms with Crippen LogP contribution in [0.2, 0.25) is 0 Å². The van der Waals surface area contributed by atoms with Crippen molar-refractivity contribution in [3.05, 3.63) is 54.6 Å². The van der Waals surface area contributed by atoms with Crippen molar-refractivity contribution in [1.82, 2.24) is 9.97 Å². The molecule has 0 saturated carbocycles. The Labute approximate surface area is 123 Å². The van der Waals surface area contributed by atoms with E-state index < -0.39 is 9.84 Å². The summed E-state index contributed by atoms with van der Waals surface area (Å²) in [5.41, 5.74) is 2.44. The third-order valence-electron chi connectivity index (χ3n) is 3.26. The summed E-state index contributed by atoms with van der Waals surface area (Å²) in [6, 6.07) is 16.6. The van der Waals surface area contributed by atoms with E-state index in [9.17, 15) is 8.42 Å². The molecule has 0 atom stereocenters. The molecule has 4 nitrogen and oxygen atoms in total. The monoisotopic (exact) mass is 298 g/mol. The molecule has 0 N–H and O–H groups in total. The lowest BCUT2D eigenvalue weighted by Crippen LogP contribution is -2.10. The van der Waals surface area contributed by atoms with Gasteiger partial charge in [0.15, 0.2) is 14.9 Å². The molecule has 3 aromatic rings. The third kappa shape index (κ3) is 2.52. The minimum atomic E-state index is -3.44. The fourth-order valence-corrected chi connectivity index (χ4v) is 3.09. The lowest BCUT2D eigenvalue weighted by molar-refractivity contribution is 0.594. The Bertz CT molecular complexity index is 891. The highest BCUT2D eigenvalue weighted by Crippen LogP contribution is 2.26. The molecule has 0 aliphatic rings. The summed E-state index contributed by atoms with van der Waals surface area (Å²) < 4.78 is 24.7. The van der Waals surface area contributed by atoms with Crippen molar-refractivity contribution in [2.75, 3.05) is 5.75 Å². The molecule has 2 aromatic carbocycles. The number of rotatable bonds is 3. The number of hydrogen-bond acceptors (Lipinski definition) is 4. The fraction of sp³-hybridized carbons (Fsp3) is 0.125. The molecule has 0 aliphatic carbocycles. The number of hydrogen-bond donors (Lipinski definition) is 0. The van der Waals surface area contributed by atoms with Gasteiger partial charge in [-0.15, -0.1) is 0 Å². The van der Waals surface area contributed by atoms with Gasteiger partial charge < -0.3 is 0 Å². The van der Waals surface area contributed by atoms with E-state index in [4.69, 9.17) is 0 Å². The molecule has 0 bridgehead atoms. The highest BCUT2D eigenvalue weighted by molar-refractivity contribution is 7.91. The first-order valence-corrected chi connectivity index (χ1v) is 8.32. The van der Waals surface area contributed by atoms with Crippen LogP contribution in [0.1, 0.15) is 6.92 Å². The van der Waals surface area contributed by atoms with E-state index in [2.05, 4.69) is 9.97 Å². The van der Waals surface area contributed by atoms with Crippen molar-refractivity contribution in [1.29, 1.82) is 0 Å². The second-order valence-electron chi connectivity index (χ2n) is 4.64. The van der Waals surface area contributed by atoms with Gasteiger partial charge in [0, 0.05) is 5.56 Å². The van der Waals surface area contributed by atoms with E-state index in [0.717, 1.165) is 5.56 Å². The Kier molecular flexibility index (Phi) is 3.43. The van der Waals surface area contributed by atoms with Crippen LogP contribution in [0.5, 0.6) is 0 Å². The first-order valence-electron chi connectivity index (χ1n) is 6.67. The van der Waals surface area contributed by atoms with Crippen LogP contribution in [-0.4, -0.2) is 24.1 Å². The molecule has 106 valence electrons. The Morgan fingerprint density at radius 2 is 1.43 bits per heavy atom. The van der Waals surface area contributed by atoms with Crippen molar-refractivity contribution in [3.63, 3.8) is 0 Å². The average Bonchev–Trinajstić information content (AvgIpc) is 2.54. The van der Waals surface area contributed by atoms with E-state index in [1.807, 2.05) is 48.5 Å². The lowest BCUT2D eigenvalue weighted by Gasteiger charge is -2.09. The molecule has 1 aromatic heterocycles. The topological polar surface area (TPSA) is 59.9 Å². The summed E-state index contributed by atoms with van der Waals surface area (Å²) in [7, 11) is -3.44. The van der Waals surface area contributed by atoms with Gasteiger partial charge in [-0.05, 0) is 12.1 Å². The quantitative estimate of drug-likeness (QED) is 0.745. The first-order chi connectivity index (χ1) is 10.1. The van der Waals surface area contributed by atoms with Crippen LogP contribution in [0.25, 0.3) is 22.3 Å². The van der Waals surface area contributed by atoms with Crippen LogP contribution in [0.3, 0.4) is 0 Å². The standard InChI is InChI=1S/C16H14N2O2S/c1-2-21(19,20)16-15(12-8-4-3-5-9-12)17-13-10-6-7-11-14(13)18-16/h3-11H,2H2,1H3. The number of benzene rings is 2. The summed E-state index contributed by atoms with van der Waals surface area (Å²) in [4.78, 5) is 8.86. The molecule has 3 rings (SSSR count). The van der Waals surface area contributed by atoms with Crippen LogP contribution in [0.4, 0.5) is 0 Å². The molecular formula is C16H14N2O2S. The fourth-order valence-electron chi connectivity index (χ4n) is 2.12. The third-order valence-corrected chi connectivity index (χ3v) is 4.89. The maximum atomic E-state index is 12.3. The molecule has 0 saturated heterocycles. The van der Waals surface area contributed by atoms with Gasteiger partial charge in [0.1, 0.15) is 5.69 Å². The van der Waals surface area contributed by atoms with Gasteiger partial charge in [-0.2, -0.15) is 0 Å². The second-order valence-corrected chi connectivity index (χ2v) is 6.83. The molecule has 0 unspecified atom stereocenters. The minimum absolute atomic E-state index is 0.000145. The van der Waals surface area contributed by atoms with Crippen molar-refractivity contribution >= 4 is 20.9 Å². The van der Waals surface area contributed by atoms with E-state index in [0.29, 0.717) is 16.7 Å². The van der Waals surface area contributed by atoms with Gasteiger partial charge in [-0.3, -0.25) is 0 Å². The zero-order valence-electron chi connectivity index (χ0n) is 11.5. The van der Waals surface area contributed by atoms with Gasteiger partial charge in [-0.1, -0.05) is 49.4 Å². The molecule has 5 heteroatoms. The largest absolute Gasteiger partial charge is 0.243 e. The van der Waals surface area contributed by atoms with E-state index in [-0.39, 0.29) is 10.8 Å². The first kappa shape index (κ1) is 13.7. The number of aromatic nitrogens is 2. The lowest BCUT2D eigenvalue weighted by atomic mass is 10.1. The van der Waals surface area contributed by atoms with Crippen LogP contribution in [0.15, 0.2) is 59.6 Å². The molecular weight excluding hydrogens is 284 g/mol. The van der Waals surface area contributed by atoms with Crippen molar-refractivity contribution in [2.45, 2.75) is 11.9 Å². The summed E-state index contributed by atoms with van der Waals surface area (Å²) >= 11 is 0. The predicted octanol–water partition coefficient (Wildman–Crippen LogP) is 3.09. The molecule has 1 heterocycles. The molecule has 21 heavy (non-hydrogen) atoms.